The molecular formula is C40H70O4. The van der Waals surface area contributed by atoms with Crippen molar-refractivity contribution in [1.82, 2.24) is 0 Å². The van der Waals surface area contributed by atoms with Crippen LogP contribution >= 0.6 is 0 Å². The molecule has 0 spiro atoms. The number of carbonyl (C=O) groups is 1. The van der Waals surface area contributed by atoms with Gasteiger partial charge >= 0.3 is 5.97 Å². The third-order valence-electron chi connectivity index (χ3n) is 9.94. The third kappa shape index (κ3) is 17.7. The average molecular weight is 615 g/mol. The van der Waals surface area contributed by atoms with Gasteiger partial charge in [0, 0.05) is 0 Å². The van der Waals surface area contributed by atoms with Gasteiger partial charge in [0.25, 0.3) is 0 Å². The summed E-state index contributed by atoms with van der Waals surface area (Å²) in [6.07, 6.45) is 37.6. The molecule has 0 bridgehead atoms. The second-order valence-corrected chi connectivity index (χ2v) is 13.7. The van der Waals surface area contributed by atoms with Gasteiger partial charge in [0.2, 0.25) is 0 Å². The van der Waals surface area contributed by atoms with Gasteiger partial charge in [0.1, 0.15) is 0 Å². The number of carbonyl (C=O) groups excluding carboxylic acids is 1. The Morgan fingerprint density at radius 2 is 1.09 bits per heavy atom. The summed E-state index contributed by atoms with van der Waals surface area (Å²) in [5.41, 5.74) is 1.01. The zero-order chi connectivity index (χ0) is 31.5. The summed E-state index contributed by atoms with van der Waals surface area (Å²) in [5.74, 6) is 0.577. The van der Waals surface area contributed by atoms with E-state index in [0.717, 1.165) is 37.7 Å². The second kappa shape index (κ2) is 26.5. The average Bonchev–Trinajstić information content (AvgIpc) is 3.53. The fourth-order valence-corrected chi connectivity index (χ4v) is 7.10. The van der Waals surface area contributed by atoms with E-state index in [1.54, 1.807) is 19.2 Å². The molecule has 1 aromatic rings. The molecular weight excluding hydrogens is 544 g/mol. The predicted molar refractivity (Wildman–Crippen MR) is 187 cm³/mol. The highest BCUT2D eigenvalue weighted by Gasteiger charge is 2.35. The second-order valence-electron chi connectivity index (χ2n) is 13.7. The summed E-state index contributed by atoms with van der Waals surface area (Å²) >= 11 is 0. The number of methoxy groups -OCH3 is 1. The number of unbranched alkanes of at least 4 members (excludes halogenated alkanes) is 24. The van der Waals surface area contributed by atoms with Gasteiger partial charge in [0.15, 0.2) is 11.5 Å². The number of hydrogen-bond donors (Lipinski definition) is 1. The van der Waals surface area contributed by atoms with E-state index in [1.165, 1.54) is 148 Å². The first-order chi connectivity index (χ1) is 21.7. The first-order valence-corrected chi connectivity index (χ1v) is 19.2. The monoisotopic (exact) mass is 615 g/mol. The number of phenols is 1. The van der Waals surface area contributed by atoms with E-state index in [-0.39, 0.29) is 23.6 Å². The number of aromatic hydroxyl groups is 1. The highest BCUT2D eigenvalue weighted by molar-refractivity contribution is 5.74. The zero-order valence-corrected chi connectivity index (χ0v) is 29.1. The Labute approximate surface area is 272 Å². The van der Waals surface area contributed by atoms with Crippen molar-refractivity contribution in [2.75, 3.05) is 13.7 Å². The maximum absolute atomic E-state index is 12.8. The van der Waals surface area contributed by atoms with Gasteiger partial charge in [-0.15, -0.1) is 0 Å². The number of esters is 1. The molecule has 0 radical (unpaired) electrons. The molecule has 1 N–H and O–H groups in total. The van der Waals surface area contributed by atoms with Crippen LogP contribution in [0.4, 0.5) is 0 Å². The molecule has 4 heteroatoms. The van der Waals surface area contributed by atoms with Gasteiger partial charge in [-0.25, -0.2) is 0 Å². The molecule has 2 rings (SSSR count). The quantitative estimate of drug-likeness (QED) is 0.0720. The van der Waals surface area contributed by atoms with Crippen molar-refractivity contribution in [3.8, 4) is 11.5 Å². The van der Waals surface area contributed by atoms with Crippen molar-refractivity contribution in [2.24, 2.45) is 5.92 Å². The first kappa shape index (κ1) is 38.5. The molecule has 1 aliphatic carbocycles. The fraction of sp³-hybridized carbons (Fsp3) is 0.825. The lowest BCUT2D eigenvalue weighted by molar-refractivity contribution is -0.149. The van der Waals surface area contributed by atoms with E-state index >= 15 is 0 Å². The SMILES string of the molecule is CCCCCCCCCCCCCCCCCCCCCCCCCCCOC(=O)C1CCCC1c1ccc(OC)c(O)c1. The topological polar surface area (TPSA) is 55.8 Å². The lowest BCUT2D eigenvalue weighted by Crippen LogP contribution is -2.21. The Hall–Kier alpha value is -1.71. The van der Waals surface area contributed by atoms with E-state index in [2.05, 4.69) is 6.92 Å². The van der Waals surface area contributed by atoms with Crippen LogP contribution in [0.3, 0.4) is 0 Å². The minimum Gasteiger partial charge on any atom is -0.504 e. The molecule has 1 fully saturated rings. The Kier molecular flexibility index (Phi) is 23.2. The van der Waals surface area contributed by atoms with Crippen molar-refractivity contribution >= 4 is 5.97 Å². The number of hydrogen-bond acceptors (Lipinski definition) is 4. The van der Waals surface area contributed by atoms with Gasteiger partial charge in [-0.2, -0.15) is 0 Å². The minimum atomic E-state index is -0.0954. The summed E-state index contributed by atoms with van der Waals surface area (Å²) in [7, 11) is 1.55. The van der Waals surface area contributed by atoms with E-state index in [4.69, 9.17) is 9.47 Å². The van der Waals surface area contributed by atoms with E-state index in [1.807, 2.05) is 6.07 Å². The van der Waals surface area contributed by atoms with Crippen LogP contribution in [0.15, 0.2) is 18.2 Å². The predicted octanol–water partition coefficient (Wildman–Crippen LogP) is 12.6. The zero-order valence-electron chi connectivity index (χ0n) is 29.1. The Morgan fingerprint density at radius 1 is 0.659 bits per heavy atom. The van der Waals surface area contributed by atoms with E-state index < -0.39 is 0 Å². The molecule has 254 valence electrons. The maximum Gasteiger partial charge on any atom is 0.309 e. The third-order valence-corrected chi connectivity index (χ3v) is 9.94. The Balaban J connectivity index is 1.30. The van der Waals surface area contributed by atoms with Gasteiger partial charge in [-0.3, -0.25) is 4.79 Å². The number of benzene rings is 1. The summed E-state index contributed by atoms with van der Waals surface area (Å²) in [4.78, 5) is 12.8. The minimum absolute atomic E-state index is 0.0628. The molecule has 44 heavy (non-hydrogen) atoms. The normalized spacial score (nSPS) is 16.4. The van der Waals surface area contributed by atoms with Crippen molar-refractivity contribution in [3.63, 3.8) is 0 Å². The highest BCUT2D eigenvalue weighted by atomic mass is 16.5. The van der Waals surface area contributed by atoms with Gasteiger partial charge in [-0.05, 0) is 42.9 Å². The lowest BCUT2D eigenvalue weighted by atomic mass is 9.88. The van der Waals surface area contributed by atoms with Crippen LogP contribution in [0.5, 0.6) is 11.5 Å². The highest BCUT2D eigenvalue weighted by Crippen LogP contribution is 2.42. The van der Waals surface area contributed by atoms with Crippen LogP contribution in [-0.2, 0) is 9.53 Å². The fourth-order valence-electron chi connectivity index (χ4n) is 7.10. The van der Waals surface area contributed by atoms with E-state index in [0.29, 0.717) is 12.4 Å². The van der Waals surface area contributed by atoms with Crippen LogP contribution in [0, 0.1) is 5.92 Å². The van der Waals surface area contributed by atoms with Crippen molar-refractivity contribution in [3.05, 3.63) is 23.8 Å². The molecule has 2 unspecified atom stereocenters. The molecule has 0 amide bonds. The van der Waals surface area contributed by atoms with Crippen LogP contribution < -0.4 is 4.74 Å². The molecule has 1 aromatic carbocycles. The molecule has 0 saturated heterocycles. The van der Waals surface area contributed by atoms with Crippen LogP contribution in [0.1, 0.15) is 198 Å². The van der Waals surface area contributed by atoms with E-state index in [9.17, 15) is 9.90 Å². The molecule has 1 saturated carbocycles. The summed E-state index contributed by atoms with van der Waals surface area (Å²) in [6, 6.07) is 5.50. The lowest BCUT2D eigenvalue weighted by Gasteiger charge is -2.19. The number of ether oxygens (including phenoxy) is 2. The summed E-state index contributed by atoms with van der Waals surface area (Å²) in [5, 5.41) is 10.1. The van der Waals surface area contributed by atoms with Crippen LogP contribution in [-0.4, -0.2) is 24.8 Å². The summed E-state index contributed by atoms with van der Waals surface area (Å²) < 4.78 is 10.8. The van der Waals surface area contributed by atoms with Crippen LogP contribution in [0.25, 0.3) is 0 Å². The standard InChI is InChI=1S/C40H70O4/c1-3-4-5-6-7-8-9-10-11-12-13-14-15-16-17-18-19-20-21-22-23-24-25-26-27-33-44-40(42)37-30-28-29-36(37)35-31-32-39(43-2)38(41)34-35/h31-32,34,36-37,41H,3-30,33H2,1-2H3. The smallest absolute Gasteiger partial charge is 0.309 e. The Morgan fingerprint density at radius 3 is 1.50 bits per heavy atom. The van der Waals surface area contributed by atoms with Crippen molar-refractivity contribution in [2.45, 2.75) is 193 Å². The van der Waals surface area contributed by atoms with Gasteiger partial charge < -0.3 is 14.6 Å². The van der Waals surface area contributed by atoms with Crippen molar-refractivity contribution < 1.29 is 19.4 Å². The number of rotatable bonds is 29. The largest absolute Gasteiger partial charge is 0.504 e. The van der Waals surface area contributed by atoms with Gasteiger partial charge in [0.05, 0.1) is 19.6 Å². The molecule has 4 nitrogen and oxygen atoms in total. The van der Waals surface area contributed by atoms with Crippen LogP contribution in [0.2, 0.25) is 0 Å². The first-order valence-electron chi connectivity index (χ1n) is 19.2. The summed E-state index contributed by atoms with van der Waals surface area (Å²) in [6.45, 7) is 2.83. The number of phenolic OH excluding ortho intramolecular Hbond substituents is 1. The van der Waals surface area contributed by atoms with Gasteiger partial charge in [-0.1, -0.05) is 174 Å². The molecule has 2 atom stereocenters. The molecule has 0 heterocycles. The molecule has 0 aliphatic heterocycles. The maximum atomic E-state index is 12.8. The Bertz CT molecular complexity index is 822. The molecule has 0 aromatic heterocycles. The van der Waals surface area contributed by atoms with Crippen molar-refractivity contribution in [1.29, 1.82) is 0 Å². The molecule has 1 aliphatic rings.